The molecule has 0 radical (unpaired) electrons. The number of halogens is 2. The standard InChI is InChI=1S/C15H22F2N2O4/c1-21-11-6-4-10(13(22-2)14(11)23-3)5-7-12(20)19-9-15(16,17)8-18/h4,6H,5,7-9,18H2,1-3H3,(H,19,20). The van der Waals surface area contributed by atoms with Gasteiger partial charge in [0.1, 0.15) is 0 Å². The van der Waals surface area contributed by atoms with Crippen molar-refractivity contribution in [3.63, 3.8) is 0 Å². The zero-order chi connectivity index (χ0) is 17.5. The van der Waals surface area contributed by atoms with E-state index >= 15 is 0 Å². The number of rotatable bonds is 9. The van der Waals surface area contributed by atoms with Crippen molar-refractivity contribution >= 4 is 5.91 Å². The Bertz CT molecular complexity index is 538. The Morgan fingerprint density at radius 2 is 1.83 bits per heavy atom. The van der Waals surface area contributed by atoms with E-state index < -0.39 is 24.9 Å². The molecule has 0 aromatic heterocycles. The first kappa shape index (κ1) is 19.0. The molecule has 1 aromatic rings. The van der Waals surface area contributed by atoms with Gasteiger partial charge in [-0.05, 0) is 18.1 Å². The van der Waals surface area contributed by atoms with E-state index in [1.54, 1.807) is 12.1 Å². The van der Waals surface area contributed by atoms with Crippen LogP contribution in [0.25, 0.3) is 0 Å². The first-order valence-corrected chi connectivity index (χ1v) is 7.01. The number of hydrogen-bond donors (Lipinski definition) is 2. The third-order valence-electron chi connectivity index (χ3n) is 3.25. The Hall–Kier alpha value is -2.09. The van der Waals surface area contributed by atoms with Crippen LogP contribution in [0.1, 0.15) is 12.0 Å². The molecule has 0 aliphatic rings. The molecule has 8 heteroatoms. The largest absolute Gasteiger partial charge is 0.493 e. The number of aryl methyl sites for hydroxylation is 1. The van der Waals surface area contributed by atoms with Gasteiger partial charge in [-0.15, -0.1) is 0 Å². The summed E-state index contributed by atoms with van der Waals surface area (Å²) in [5.41, 5.74) is 5.62. The van der Waals surface area contributed by atoms with Crippen LogP contribution >= 0.6 is 0 Å². The molecule has 1 rings (SSSR count). The monoisotopic (exact) mass is 332 g/mol. The van der Waals surface area contributed by atoms with E-state index in [0.29, 0.717) is 29.2 Å². The van der Waals surface area contributed by atoms with Crippen molar-refractivity contribution in [3.05, 3.63) is 17.7 Å². The van der Waals surface area contributed by atoms with Gasteiger partial charge in [-0.25, -0.2) is 8.78 Å². The number of nitrogens with one attached hydrogen (secondary N) is 1. The minimum absolute atomic E-state index is 0.0342. The van der Waals surface area contributed by atoms with E-state index in [1.165, 1.54) is 21.3 Å². The number of hydrogen-bond acceptors (Lipinski definition) is 5. The molecule has 0 heterocycles. The Labute approximate surface area is 133 Å². The molecule has 0 saturated carbocycles. The fraction of sp³-hybridized carbons (Fsp3) is 0.533. The van der Waals surface area contributed by atoms with Crippen LogP contribution in [0.2, 0.25) is 0 Å². The molecule has 0 bridgehead atoms. The number of nitrogens with two attached hydrogens (primary N) is 1. The maximum atomic E-state index is 13.0. The highest BCUT2D eigenvalue weighted by molar-refractivity contribution is 5.76. The third kappa shape index (κ3) is 5.24. The average molecular weight is 332 g/mol. The van der Waals surface area contributed by atoms with Crippen LogP contribution in [0, 0.1) is 0 Å². The van der Waals surface area contributed by atoms with Crippen LogP contribution in [-0.4, -0.2) is 46.2 Å². The van der Waals surface area contributed by atoms with Crippen LogP contribution in [-0.2, 0) is 11.2 Å². The summed E-state index contributed by atoms with van der Waals surface area (Å²) in [6, 6.07) is 3.43. The topological polar surface area (TPSA) is 82.8 Å². The maximum Gasteiger partial charge on any atom is 0.277 e. The second-order valence-corrected chi connectivity index (χ2v) is 4.83. The quantitative estimate of drug-likeness (QED) is 0.713. The van der Waals surface area contributed by atoms with Crippen molar-refractivity contribution < 1.29 is 27.8 Å². The zero-order valence-electron chi connectivity index (χ0n) is 13.4. The highest BCUT2D eigenvalue weighted by Gasteiger charge is 2.27. The lowest BCUT2D eigenvalue weighted by Gasteiger charge is -2.16. The van der Waals surface area contributed by atoms with Crippen molar-refractivity contribution in [3.8, 4) is 17.2 Å². The summed E-state index contributed by atoms with van der Waals surface area (Å²) in [6.45, 7) is -1.58. The molecule has 0 fully saturated rings. The molecule has 0 aliphatic heterocycles. The van der Waals surface area contributed by atoms with Crippen molar-refractivity contribution in [1.82, 2.24) is 5.32 Å². The average Bonchev–Trinajstić information content (AvgIpc) is 2.56. The van der Waals surface area contributed by atoms with E-state index in [9.17, 15) is 13.6 Å². The third-order valence-corrected chi connectivity index (χ3v) is 3.25. The van der Waals surface area contributed by atoms with Gasteiger partial charge in [0, 0.05) is 6.42 Å². The van der Waals surface area contributed by atoms with Gasteiger partial charge in [-0.2, -0.15) is 0 Å². The molecule has 0 atom stereocenters. The molecule has 1 amide bonds. The molecule has 0 saturated heterocycles. The van der Waals surface area contributed by atoms with Gasteiger partial charge in [0.2, 0.25) is 11.7 Å². The Morgan fingerprint density at radius 1 is 1.17 bits per heavy atom. The highest BCUT2D eigenvalue weighted by atomic mass is 19.3. The molecular formula is C15H22F2N2O4. The summed E-state index contributed by atoms with van der Waals surface area (Å²) in [5, 5.41) is 2.17. The van der Waals surface area contributed by atoms with Crippen LogP contribution in [0.15, 0.2) is 12.1 Å². The summed E-state index contributed by atoms with van der Waals surface area (Å²) >= 11 is 0. The second-order valence-electron chi connectivity index (χ2n) is 4.83. The maximum absolute atomic E-state index is 13.0. The lowest BCUT2D eigenvalue weighted by Crippen LogP contribution is -2.41. The van der Waals surface area contributed by atoms with E-state index in [-0.39, 0.29) is 6.42 Å². The molecule has 130 valence electrons. The molecule has 0 spiro atoms. The number of carbonyl (C=O) groups excluding carboxylic acids is 1. The summed E-state index contributed by atoms with van der Waals surface area (Å²) in [4.78, 5) is 11.7. The Morgan fingerprint density at radius 3 is 2.35 bits per heavy atom. The summed E-state index contributed by atoms with van der Waals surface area (Å²) in [7, 11) is 4.45. The summed E-state index contributed by atoms with van der Waals surface area (Å²) in [5.74, 6) is -2.22. The van der Waals surface area contributed by atoms with Crippen molar-refractivity contribution in [1.29, 1.82) is 0 Å². The van der Waals surface area contributed by atoms with Gasteiger partial charge >= 0.3 is 0 Å². The normalized spacial score (nSPS) is 11.0. The minimum atomic E-state index is -3.10. The summed E-state index contributed by atoms with van der Waals surface area (Å²) in [6.07, 6.45) is 0.343. The predicted molar refractivity (Wildman–Crippen MR) is 81.4 cm³/mol. The van der Waals surface area contributed by atoms with E-state index in [4.69, 9.17) is 19.9 Å². The molecule has 23 heavy (non-hydrogen) atoms. The van der Waals surface area contributed by atoms with Gasteiger partial charge in [-0.3, -0.25) is 4.79 Å². The van der Waals surface area contributed by atoms with Crippen LogP contribution in [0.4, 0.5) is 8.78 Å². The number of ether oxygens (including phenoxy) is 3. The van der Waals surface area contributed by atoms with Crippen molar-refractivity contribution in [2.24, 2.45) is 5.73 Å². The van der Waals surface area contributed by atoms with E-state index in [2.05, 4.69) is 5.32 Å². The first-order chi connectivity index (χ1) is 10.9. The van der Waals surface area contributed by atoms with E-state index in [1.807, 2.05) is 0 Å². The predicted octanol–water partition coefficient (Wildman–Crippen LogP) is 1.36. The van der Waals surface area contributed by atoms with Gasteiger partial charge in [0.25, 0.3) is 5.92 Å². The number of methoxy groups -OCH3 is 3. The Balaban J connectivity index is 2.72. The fourth-order valence-corrected chi connectivity index (χ4v) is 2.00. The zero-order valence-corrected chi connectivity index (χ0v) is 13.4. The molecular weight excluding hydrogens is 310 g/mol. The van der Waals surface area contributed by atoms with Crippen molar-refractivity contribution in [2.45, 2.75) is 18.8 Å². The fourth-order valence-electron chi connectivity index (χ4n) is 2.00. The molecule has 0 aliphatic carbocycles. The molecule has 6 nitrogen and oxygen atoms in total. The first-order valence-electron chi connectivity index (χ1n) is 7.01. The van der Waals surface area contributed by atoms with E-state index in [0.717, 1.165) is 0 Å². The van der Waals surface area contributed by atoms with Crippen LogP contribution < -0.4 is 25.3 Å². The van der Waals surface area contributed by atoms with Crippen LogP contribution in [0.5, 0.6) is 17.2 Å². The lowest BCUT2D eigenvalue weighted by molar-refractivity contribution is -0.122. The smallest absolute Gasteiger partial charge is 0.277 e. The summed E-state index contributed by atoms with van der Waals surface area (Å²) < 4.78 is 41.7. The lowest BCUT2D eigenvalue weighted by atomic mass is 10.1. The molecule has 0 unspecified atom stereocenters. The molecule has 1 aromatic carbocycles. The number of benzene rings is 1. The van der Waals surface area contributed by atoms with Gasteiger partial charge in [-0.1, -0.05) is 6.07 Å². The minimum Gasteiger partial charge on any atom is -0.493 e. The highest BCUT2D eigenvalue weighted by Crippen LogP contribution is 2.40. The van der Waals surface area contributed by atoms with Gasteiger partial charge < -0.3 is 25.3 Å². The molecule has 3 N–H and O–H groups in total. The number of alkyl halides is 2. The van der Waals surface area contributed by atoms with Gasteiger partial charge in [0.05, 0.1) is 34.4 Å². The Kier molecular flexibility index (Phi) is 7.02. The van der Waals surface area contributed by atoms with Crippen molar-refractivity contribution in [2.75, 3.05) is 34.4 Å². The van der Waals surface area contributed by atoms with Crippen LogP contribution in [0.3, 0.4) is 0 Å². The number of carbonyl (C=O) groups is 1. The SMILES string of the molecule is COc1ccc(CCC(=O)NCC(F)(F)CN)c(OC)c1OC. The number of amides is 1. The van der Waals surface area contributed by atoms with Gasteiger partial charge in [0.15, 0.2) is 11.5 Å². The second kappa shape index (κ2) is 8.52.